The highest BCUT2D eigenvalue weighted by Gasteiger charge is 2.42. The van der Waals surface area contributed by atoms with Crippen molar-refractivity contribution in [3.8, 4) is 17.6 Å². The molecule has 2 N–H and O–H groups in total. The highest BCUT2D eigenvalue weighted by atomic mass is 16.5. The van der Waals surface area contributed by atoms with E-state index in [1.807, 2.05) is 6.07 Å². The van der Waals surface area contributed by atoms with E-state index in [-0.39, 0.29) is 17.1 Å². The minimum Gasteiger partial charge on any atom is -0.503 e. The van der Waals surface area contributed by atoms with Gasteiger partial charge in [0.05, 0.1) is 18.1 Å². The van der Waals surface area contributed by atoms with Gasteiger partial charge in [0, 0.05) is 0 Å². The van der Waals surface area contributed by atoms with Crippen LogP contribution in [0.25, 0.3) is 0 Å². The Labute approximate surface area is 117 Å². The molecule has 1 aromatic rings. The number of phenols is 1. The lowest BCUT2D eigenvalue weighted by Crippen LogP contribution is -2.37. The molecule has 5 heteroatoms. The number of phenolic OH excluding ortho intramolecular Hbond substituents is 1. The number of rotatable bonds is 3. The molecule has 1 aliphatic carbocycles. The van der Waals surface area contributed by atoms with E-state index in [0.29, 0.717) is 18.4 Å². The number of carbonyl (C=O) groups is 1. The number of methoxy groups -OCH3 is 1. The molecule has 0 unspecified atom stereocenters. The molecular weight excluding hydrogens is 258 g/mol. The van der Waals surface area contributed by atoms with Crippen molar-refractivity contribution >= 4 is 5.97 Å². The molecular formula is C15H17NO4. The Kier molecular flexibility index (Phi) is 3.84. The summed E-state index contributed by atoms with van der Waals surface area (Å²) in [7, 11) is 1.38. The molecule has 0 aromatic heterocycles. The van der Waals surface area contributed by atoms with E-state index in [4.69, 9.17) is 10.00 Å². The second-order valence-corrected chi connectivity index (χ2v) is 5.13. The molecule has 0 aliphatic heterocycles. The molecule has 0 bridgehead atoms. The van der Waals surface area contributed by atoms with Gasteiger partial charge in [-0.3, -0.25) is 4.79 Å². The van der Waals surface area contributed by atoms with Crippen LogP contribution in [0.2, 0.25) is 0 Å². The van der Waals surface area contributed by atoms with Gasteiger partial charge < -0.3 is 14.9 Å². The van der Waals surface area contributed by atoms with Crippen LogP contribution in [0.3, 0.4) is 0 Å². The Morgan fingerprint density at radius 2 is 2.00 bits per heavy atom. The zero-order chi connectivity index (χ0) is 14.8. The molecule has 1 fully saturated rings. The SMILES string of the molecule is COc1cc(C2(C(=O)O)CCCCC2)cc(C#N)c1O. The van der Waals surface area contributed by atoms with Gasteiger partial charge in [0.2, 0.25) is 0 Å². The molecule has 1 aromatic carbocycles. The van der Waals surface area contributed by atoms with Gasteiger partial charge in [0.1, 0.15) is 6.07 Å². The summed E-state index contributed by atoms with van der Waals surface area (Å²) < 4.78 is 5.05. The first-order valence-electron chi connectivity index (χ1n) is 6.60. The second-order valence-electron chi connectivity index (χ2n) is 5.13. The Balaban J connectivity index is 2.60. The van der Waals surface area contributed by atoms with E-state index in [1.54, 1.807) is 0 Å². The predicted molar refractivity (Wildman–Crippen MR) is 71.8 cm³/mol. The number of ether oxygens (including phenoxy) is 1. The largest absolute Gasteiger partial charge is 0.503 e. The van der Waals surface area contributed by atoms with Crippen molar-refractivity contribution in [2.24, 2.45) is 0 Å². The summed E-state index contributed by atoms with van der Waals surface area (Å²) in [6.45, 7) is 0. The maximum atomic E-state index is 11.8. The van der Waals surface area contributed by atoms with Gasteiger partial charge in [0.25, 0.3) is 0 Å². The van der Waals surface area contributed by atoms with Crippen molar-refractivity contribution in [2.75, 3.05) is 7.11 Å². The van der Waals surface area contributed by atoms with Gasteiger partial charge in [-0.25, -0.2) is 0 Å². The van der Waals surface area contributed by atoms with E-state index < -0.39 is 11.4 Å². The molecule has 0 saturated heterocycles. The minimum atomic E-state index is -0.981. The molecule has 0 heterocycles. The molecule has 0 amide bonds. The quantitative estimate of drug-likeness (QED) is 0.884. The number of carboxylic acid groups (broad SMARTS) is 1. The maximum Gasteiger partial charge on any atom is 0.314 e. The lowest BCUT2D eigenvalue weighted by atomic mass is 9.69. The Morgan fingerprint density at radius 1 is 1.35 bits per heavy atom. The molecule has 0 spiro atoms. The molecule has 1 aliphatic rings. The number of aromatic hydroxyl groups is 1. The second kappa shape index (κ2) is 5.41. The van der Waals surface area contributed by atoms with Crippen molar-refractivity contribution in [3.63, 3.8) is 0 Å². The van der Waals surface area contributed by atoms with Gasteiger partial charge in [-0.1, -0.05) is 19.3 Å². The summed E-state index contributed by atoms with van der Waals surface area (Å²) in [6, 6.07) is 4.89. The fourth-order valence-electron chi connectivity index (χ4n) is 2.91. The average molecular weight is 275 g/mol. The molecule has 2 rings (SSSR count). The number of carboxylic acids is 1. The maximum absolute atomic E-state index is 11.8. The van der Waals surface area contributed by atoms with E-state index >= 15 is 0 Å². The van der Waals surface area contributed by atoms with Crippen LogP contribution in [0.4, 0.5) is 0 Å². The van der Waals surface area contributed by atoms with Crippen molar-refractivity contribution in [3.05, 3.63) is 23.3 Å². The molecule has 20 heavy (non-hydrogen) atoms. The minimum absolute atomic E-state index is 0.0468. The summed E-state index contributed by atoms with van der Waals surface area (Å²) in [6.07, 6.45) is 3.80. The number of benzene rings is 1. The smallest absolute Gasteiger partial charge is 0.314 e. The van der Waals surface area contributed by atoms with Crippen molar-refractivity contribution in [2.45, 2.75) is 37.5 Å². The zero-order valence-corrected chi connectivity index (χ0v) is 11.3. The lowest BCUT2D eigenvalue weighted by Gasteiger charge is -2.34. The first-order chi connectivity index (χ1) is 9.55. The number of nitriles is 1. The van der Waals surface area contributed by atoms with Crippen molar-refractivity contribution < 1.29 is 19.7 Å². The number of nitrogens with zero attached hydrogens (tertiary/aromatic N) is 1. The average Bonchev–Trinajstić information content (AvgIpc) is 2.48. The molecule has 106 valence electrons. The predicted octanol–water partition coefficient (Wildman–Crippen LogP) is 2.56. The Morgan fingerprint density at radius 3 is 2.50 bits per heavy atom. The third kappa shape index (κ3) is 2.18. The summed E-state index contributed by atoms with van der Waals surface area (Å²) in [5.74, 6) is -0.978. The van der Waals surface area contributed by atoms with E-state index in [2.05, 4.69) is 0 Å². The summed E-state index contributed by atoms with van der Waals surface area (Å²) >= 11 is 0. The summed E-state index contributed by atoms with van der Waals surface area (Å²) in [5.41, 5.74) is -0.397. The van der Waals surface area contributed by atoms with Crippen LogP contribution >= 0.6 is 0 Å². The summed E-state index contributed by atoms with van der Waals surface area (Å²) in [4.78, 5) is 11.8. The van der Waals surface area contributed by atoms with Gasteiger partial charge in [-0.15, -0.1) is 0 Å². The van der Waals surface area contributed by atoms with E-state index in [0.717, 1.165) is 19.3 Å². The zero-order valence-electron chi connectivity index (χ0n) is 11.3. The lowest BCUT2D eigenvalue weighted by molar-refractivity contribution is -0.145. The van der Waals surface area contributed by atoms with Crippen LogP contribution in [-0.4, -0.2) is 23.3 Å². The third-order valence-electron chi connectivity index (χ3n) is 4.08. The Bertz CT molecular complexity index is 568. The topological polar surface area (TPSA) is 90.5 Å². The summed E-state index contributed by atoms with van der Waals surface area (Å²) in [5, 5.41) is 28.6. The van der Waals surface area contributed by atoms with Gasteiger partial charge >= 0.3 is 5.97 Å². The van der Waals surface area contributed by atoms with Crippen LogP contribution in [-0.2, 0) is 10.2 Å². The normalized spacial score (nSPS) is 17.2. The highest BCUT2D eigenvalue weighted by molar-refractivity contribution is 5.82. The van der Waals surface area contributed by atoms with Crippen LogP contribution in [0.5, 0.6) is 11.5 Å². The molecule has 0 atom stereocenters. The Hall–Kier alpha value is -2.22. The van der Waals surface area contributed by atoms with Crippen LogP contribution < -0.4 is 4.74 Å². The number of hydrogen-bond donors (Lipinski definition) is 2. The fourth-order valence-corrected chi connectivity index (χ4v) is 2.91. The highest BCUT2D eigenvalue weighted by Crippen LogP contribution is 2.43. The van der Waals surface area contributed by atoms with E-state index in [1.165, 1.54) is 19.2 Å². The van der Waals surface area contributed by atoms with Crippen LogP contribution in [0, 0.1) is 11.3 Å². The van der Waals surface area contributed by atoms with Gasteiger partial charge in [-0.05, 0) is 30.5 Å². The van der Waals surface area contributed by atoms with Crippen molar-refractivity contribution in [1.29, 1.82) is 5.26 Å². The van der Waals surface area contributed by atoms with Gasteiger partial charge in [0.15, 0.2) is 11.5 Å². The third-order valence-corrected chi connectivity index (χ3v) is 4.08. The standard InChI is InChI=1S/C15H17NO4/c1-20-12-8-11(7-10(9-16)13(12)17)15(14(18)19)5-3-2-4-6-15/h7-8,17H,2-6H2,1H3,(H,18,19). The van der Waals surface area contributed by atoms with Crippen LogP contribution in [0.1, 0.15) is 43.2 Å². The van der Waals surface area contributed by atoms with E-state index in [9.17, 15) is 15.0 Å². The van der Waals surface area contributed by atoms with Gasteiger partial charge in [-0.2, -0.15) is 5.26 Å². The molecule has 1 saturated carbocycles. The number of aliphatic carboxylic acids is 1. The molecule has 0 radical (unpaired) electrons. The fraction of sp³-hybridized carbons (Fsp3) is 0.467. The monoisotopic (exact) mass is 275 g/mol. The first-order valence-corrected chi connectivity index (χ1v) is 6.60. The first kappa shape index (κ1) is 14.2. The van der Waals surface area contributed by atoms with Crippen LogP contribution in [0.15, 0.2) is 12.1 Å². The van der Waals surface area contributed by atoms with Crippen molar-refractivity contribution in [1.82, 2.24) is 0 Å². The molecule has 5 nitrogen and oxygen atoms in total. The number of hydrogen-bond acceptors (Lipinski definition) is 4.